The van der Waals surface area contributed by atoms with Gasteiger partial charge in [0, 0.05) is 13.2 Å². The number of carbonyl (C=O) groups is 1. The molecule has 0 fully saturated rings. The van der Waals surface area contributed by atoms with Crippen molar-refractivity contribution in [1.29, 1.82) is 0 Å². The van der Waals surface area contributed by atoms with Gasteiger partial charge in [-0.05, 0) is 18.6 Å². The molecule has 0 aromatic heterocycles. The van der Waals surface area contributed by atoms with E-state index in [4.69, 9.17) is 9.57 Å². The summed E-state index contributed by atoms with van der Waals surface area (Å²) in [5, 5.41) is 0. The lowest BCUT2D eigenvalue weighted by molar-refractivity contribution is -0.129. The molecule has 1 aromatic carbocycles. The van der Waals surface area contributed by atoms with E-state index in [2.05, 4.69) is 5.48 Å². The second-order valence-electron chi connectivity index (χ2n) is 3.56. The van der Waals surface area contributed by atoms with E-state index in [1.54, 1.807) is 13.2 Å². The highest BCUT2D eigenvalue weighted by Crippen LogP contribution is 2.05. The summed E-state index contributed by atoms with van der Waals surface area (Å²) in [6.07, 6.45) is 3.17. The zero-order chi connectivity index (χ0) is 12.5. The van der Waals surface area contributed by atoms with E-state index in [0.29, 0.717) is 13.2 Å². The number of carbonyl (C=O) groups excluding carboxylic acids is 1. The Hall–Kier alpha value is -1.65. The number of hydrogen-bond donors (Lipinski definition) is 1. The molecule has 0 bridgehead atoms. The Morgan fingerprint density at radius 2 is 2.24 bits per heavy atom. The van der Waals surface area contributed by atoms with Gasteiger partial charge in [-0.3, -0.25) is 9.63 Å². The Kier molecular flexibility index (Phi) is 5.99. The van der Waals surface area contributed by atoms with Crippen molar-refractivity contribution in [3.63, 3.8) is 0 Å². The number of benzene rings is 1. The number of aryl methyl sites for hydroxylation is 1. The molecular weight excluding hydrogens is 218 g/mol. The van der Waals surface area contributed by atoms with Gasteiger partial charge in [-0.15, -0.1) is 0 Å². The minimum absolute atomic E-state index is 0.289. The lowest BCUT2D eigenvalue weighted by Gasteiger charge is -2.02. The molecule has 0 saturated carbocycles. The van der Waals surface area contributed by atoms with Crippen LogP contribution in [0.1, 0.15) is 11.1 Å². The molecule has 0 aliphatic carbocycles. The van der Waals surface area contributed by atoms with Crippen molar-refractivity contribution >= 4 is 12.0 Å². The van der Waals surface area contributed by atoms with Crippen LogP contribution >= 0.6 is 0 Å². The molecule has 4 heteroatoms. The molecule has 1 amide bonds. The van der Waals surface area contributed by atoms with Gasteiger partial charge in [-0.1, -0.05) is 29.8 Å². The molecule has 0 saturated heterocycles. The average Bonchev–Trinajstić information content (AvgIpc) is 2.32. The van der Waals surface area contributed by atoms with Crippen LogP contribution in [-0.2, 0) is 14.4 Å². The van der Waals surface area contributed by atoms with E-state index in [-0.39, 0.29) is 5.91 Å². The number of hydroxylamine groups is 1. The normalized spacial score (nSPS) is 10.7. The zero-order valence-corrected chi connectivity index (χ0v) is 10.1. The van der Waals surface area contributed by atoms with Crippen molar-refractivity contribution in [2.24, 2.45) is 0 Å². The summed E-state index contributed by atoms with van der Waals surface area (Å²) in [4.78, 5) is 16.2. The number of methoxy groups -OCH3 is 1. The third-order valence-electron chi connectivity index (χ3n) is 2.03. The second-order valence-corrected chi connectivity index (χ2v) is 3.56. The number of nitrogens with one attached hydrogen (secondary N) is 1. The Morgan fingerprint density at radius 3 is 2.94 bits per heavy atom. The Morgan fingerprint density at radius 1 is 1.41 bits per heavy atom. The molecule has 0 aliphatic rings. The highest BCUT2D eigenvalue weighted by atomic mass is 16.7. The van der Waals surface area contributed by atoms with Crippen molar-refractivity contribution < 1.29 is 14.4 Å². The first-order chi connectivity index (χ1) is 8.22. The van der Waals surface area contributed by atoms with Crippen LogP contribution in [0.15, 0.2) is 30.3 Å². The molecule has 0 aliphatic heterocycles. The standard InChI is InChI=1S/C13H17NO3/c1-11-4-3-5-12(10-11)6-7-13(15)14-17-9-8-16-2/h3-7,10H,8-9H2,1-2H3,(H,14,15)/b7-6+. The molecule has 4 nitrogen and oxygen atoms in total. The highest BCUT2D eigenvalue weighted by Gasteiger charge is 1.94. The Bertz CT molecular complexity index is 388. The van der Waals surface area contributed by atoms with Gasteiger partial charge in [0.25, 0.3) is 5.91 Å². The van der Waals surface area contributed by atoms with Crippen LogP contribution in [0.3, 0.4) is 0 Å². The summed E-state index contributed by atoms with van der Waals surface area (Å²) in [7, 11) is 1.57. The van der Waals surface area contributed by atoms with Crippen LogP contribution in [-0.4, -0.2) is 26.2 Å². The first kappa shape index (κ1) is 13.4. The van der Waals surface area contributed by atoms with Gasteiger partial charge in [0.1, 0.15) is 0 Å². The third-order valence-corrected chi connectivity index (χ3v) is 2.03. The number of rotatable bonds is 6. The number of ether oxygens (including phenoxy) is 1. The molecule has 1 aromatic rings. The van der Waals surface area contributed by atoms with Gasteiger partial charge in [-0.2, -0.15) is 0 Å². The summed E-state index contributed by atoms with van der Waals surface area (Å²) in [5.41, 5.74) is 4.44. The van der Waals surface area contributed by atoms with Gasteiger partial charge in [0.15, 0.2) is 0 Å². The molecule has 0 spiro atoms. The lowest BCUT2D eigenvalue weighted by atomic mass is 10.1. The second kappa shape index (κ2) is 7.60. The van der Waals surface area contributed by atoms with Crippen molar-refractivity contribution in [2.45, 2.75) is 6.92 Å². The molecule has 1 rings (SSSR count). The fourth-order valence-corrected chi connectivity index (χ4v) is 1.23. The van der Waals surface area contributed by atoms with E-state index in [9.17, 15) is 4.79 Å². The fraction of sp³-hybridized carbons (Fsp3) is 0.308. The number of amides is 1. The van der Waals surface area contributed by atoms with Crippen molar-refractivity contribution in [3.8, 4) is 0 Å². The summed E-state index contributed by atoms with van der Waals surface area (Å²) >= 11 is 0. The maximum Gasteiger partial charge on any atom is 0.267 e. The van der Waals surface area contributed by atoms with Crippen LogP contribution in [0.25, 0.3) is 6.08 Å². The van der Waals surface area contributed by atoms with Gasteiger partial charge in [0.2, 0.25) is 0 Å². The summed E-state index contributed by atoms with van der Waals surface area (Å²) in [6.45, 7) is 2.79. The van der Waals surface area contributed by atoms with Gasteiger partial charge >= 0.3 is 0 Å². The van der Waals surface area contributed by atoms with Crippen LogP contribution in [0.2, 0.25) is 0 Å². The topological polar surface area (TPSA) is 47.6 Å². The van der Waals surface area contributed by atoms with Crippen molar-refractivity contribution in [3.05, 3.63) is 41.5 Å². The maximum atomic E-state index is 11.3. The van der Waals surface area contributed by atoms with Crippen LogP contribution in [0, 0.1) is 6.92 Å². The van der Waals surface area contributed by atoms with Crippen molar-refractivity contribution in [2.75, 3.05) is 20.3 Å². The van der Waals surface area contributed by atoms with Crippen LogP contribution in [0.5, 0.6) is 0 Å². The molecule has 0 heterocycles. The molecule has 92 valence electrons. The fourth-order valence-electron chi connectivity index (χ4n) is 1.23. The van der Waals surface area contributed by atoms with Crippen molar-refractivity contribution in [1.82, 2.24) is 5.48 Å². The first-order valence-corrected chi connectivity index (χ1v) is 5.38. The predicted molar refractivity (Wildman–Crippen MR) is 66.2 cm³/mol. The Balaban J connectivity index is 2.35. The van der Waals surface area contributed by atoms with Gasteiger partial charge in [-0.25, -0.2) is 5.48 Å². The number of hydrogen-bond acceptors (Lipinski definition) is 3. The maximum absolute atomic E-state index is 11.3. The quantitative estimate of drug-likeness (QED) is 0.464. The third kappa shape index (κ3) is 5.85. The SMILES string of the molecule is COCCONC(=O)/C=C/c1cccc(C)c1. The summed E-state index contributed by atoms with van der Waals surface area (Å²) in [5.74, 6) is -0.289. The van der Waals surface area contributed by atoms with Crippen LogP contribution in [0.4, 0.5) is 0 Å². The van der Waals surface area contributed by atoms with E-state index >= 15 is 0 Å². The monoisotopic (exact) mass is 235 g/mol. The minimum Gasteiger partial charge on any atom is -0.382 e. The van der Waals surface area contributed by atoms with E-state index in [0.717, 1.165) is 11.1 Å². The van der Waals surface area contributed by atoms with E-state index < -0.39 is 0 Å². The van der Waals surface area contributed by atoms with Crippen LogP contribution < -0.4 is 5.48 Å². The Labute approximate surface area is 101 Å². The molecular formula is C13H17NO3. The molecule has 0 unspecified atom stereocenters. The van der Waals surface area contributed by atoms with E-state index in [1.807, 2.05) is 31.2 Å². The first-order valence-electron chi connectivity index (χ1n) is 5.38. The van der Waals surface area contributed by atoms with E-state index in [1.165, 1.54) is 6.08 Å². The average molecular weight is 235 g/mol. The predicted octanol–water partition coefficient (Wildman–Crippen LogP) is 1.70. The molecule has 17 heavy (non-hydrogen) atoms. The smallest absolute Gasteiger partial charge is 0.267 e. The molecule has 0 atom stereocenters. The highest BCUT2D eigenvalue weighted by molar-refractivity contribution is 5.90. The minimum atomic E-state index is -0.289. The largest absolute Gasteiger partial charge is 0.382 e. The lowest BCUT2D eigenvalue weighted by Crippen LogP contribution is -2.23. The van der Waals surface area contributed by atoms with Gasteiger partial charge in [0.05, 0.1) is 13.2 Å². The summed E-state index contributed by atoms with van der Waals surface area (Å²) in [6, 6.07) is 7.88. The zero-order valence-electron chi connectivity index (χ0n) is 10.1. The molecule has 0 radical (unpaired) electrons. The summed E-state index contributed by atoms with van der Waals surface area (Å²) < 4.78 is 4.77. The van der Waals surface area contributed by atoms with Gasteiger partial charge < -0.3 is 4.74 Å². The molecule has 1 N–H and O–H groups in total.